The first-order valence-corrected chi connectivity index (χ1v) is 12.2. The second-order valence-corrected chi connectivity index (χ2v) is 9.05. The Labute approximate surface area is 206 Å². The van der Waals surface area contributed by atoms with E-state index < -0.39 is 0 Å². The van der Waals surface area contributed by atoms with E-state index in [0.717, 1.165) is 40.9 Å². The summed E-state index contributed by atoms with van der Waals surface area (Å²) in [7, 11) is 1.63. The van der Waals surface area contributed by atoms with E-state index in [0.29, 0.717) is 36.9 Å². The van der Waals surface area contributed by atoms with Crippen LogP contribution in [0, 0.1) is 0 Å². The predicted octanol–water partition coefficient (Wildman–Crippen LogP) is 3.11. The number of thioether (sulfide) groups is 1. The molecule has 2 aromatic carbocycles. The van der Waals surface area contributed by atoms with E-state index in [1.807, 2.05) is 53.4 Å². The standard InChI is InChI=1S/C24H25N7O3S/c1-33-20-8-6-18(7-9-20)22-27-21(34-29-22)14-30-10-12-31(13-11-30)23(32)19-4-2-17(3-5-19)15-35-24-25-16-26-28-24/h2-9,16H,10-15H2,1H3,(H,25,26,28). The van der Waals surface area contributed by atoms with Crippen LogP contribution in [0.3, 0.4) is 0 Å². The van der Waals surface area contributed by atoms with E-state index in [1.54, 1.807) is 18.9 Å². The lowest BCUT2D eigenvalue weighted by Gasteiger charge is -2.34. The molecule has 0 aliphatic carbocycles. The van der Waals surface area contributed by atoms with E-state index in [1.165, 1.54) is 6.33 Å². The SMILES string of the molecule is COc1ccc(-c2noc(CN3CCN(C(=O)c4ccc(CSc5ncn[nH]5)cc4)CC3)n2)cc1. The Morgan fingerprint density at radius 2 is 1.86 bits per heavy atom. The summed E-state index contributed by atoms with van der Waals surface area (Å²) in [4.78, 5) is 25.7. The van der Waals surface area contributed by atoms with Crippen LogP contribution in [0.2, 0.25) is 0 Å². The smallest absolute Gasteiger partial charge is 0.253 e. The summed E-state index contributed by atoms with van der Waals surface area (Å²) in [6.07, 6.45) is 1.49. The Balaban J connectivity index is 1.10. The van der Waals surface area contributed by atoms with Crippen molar-refractivity contribution in [3.8, 4) is 17.1 Å². The van der Waals surface area contributed by atoms with Crippen LogP contribution in [0.25, 0.3) is 11.4 Å². The highest BCUT2D eigenvalue weighted by Crippen LogP contribution is 2.21. The highest BCUT2D eigenvalue weighted by molar-refractivity contribution is 7.98. The molecule has 1 N–H and O–H groups in total. The van der Waals surface area contributed by atoms with Crippen LogP contribution in [0.1, 0.15) is 21.8 Å². The number of benzene rings is 2. The normalized spacial score (nSPS) is 14.3. The van der Waals surface area contributed by atoms with Crippen LogP contribution in [0.15, 0.2) is 64.5 Å². The van der Waals surface area contributed by atoms with Gasteiger partial charge >= 0.3 is 0 Å². The van der Waals surface area contributed by atoms with Gasteiger partial charge in [0, 0.05) is 43.1 Å². The lowest BCUT2D eigenvalue weighted by molar-refractivity contribution is 0.0615. The van der Waals surface area contributed by atoms with Crippen molar-refractivity contribution in [2.24, 2.45) is 0 Å². The third kappa shape index (κ3) is 5.69. The first-order chi connectivity index (χ1) is 17.2. The van der Waals surface area contributed by atoms with Gasteiger partial charge in [0.25, 0.3) is 5.91 Å². The number of methoxy groups -OCH3 is 1. The van der Waals surface area contributed by atoms with Crippen molar-refractivity contribution in [3.05, 3.63) is 71.9 Å². The average Bonchev–Trinajstić information content (AvgIpc) is 3.60. The average molecular weight is 492 g/mol. The zero-order valence-corrected chi connectivity index (χ0v) is 20.1. The highest BCUT2D eigenvalue weighted by atomic mass is 32.2. The number of nitrogens with zero attached hydrogens (tertiary/aromatic N) is 6. The Morgan fingerprint density at radius 1 is 1.09 bits per heavy atom. The maximum Gasteiger partial charge on any atom is 0.253 e. The maximum absolute atomic E-state index is 13.0. The molecule has 1 amide bonds. The molecule has 10 nitrogen and oxygen atoms in total. The van der Waals surface area contributed by atoms with Crippen molar-refractivity contribution in [2.75, 3.05) is 33.3 Å². The Bertz CT molecular complexity index is 1240. The maximum atomic E-state index is 13.0. The van der Waals surface area contributed by atoms with Crippen molar-refractivity contribution in [3.63, 3.8) is 0 Å². The number of hydrogen-bond donors (Lipinski definition) is 1. The molecule has 1 saturated heterocycles. The zero-order chi connectivity index (χ0) is 24.0. The van der Waals surface area contributed by atoms with Gasteiger partial charge in [0.2, 0.25) is 11.7 Å². The van der Waals surface area contributed by atoms with Crippen molar-refractivity contribution < 1.29 is 14.1 Å². The molecule has 1 aliphatic heterocycles. The second kappa shape index (κ2) is 10.7. The van der Waals surface area contributed by atoms with E-state index in [2.05, 4.69) is 30.2 Å². The number of piperazine rings is 1. The monoisotopic (exact) mass is 491 g/mol. The topological polar surface area (TPSA) is 113 Å². The summed E-state index contributed by atoms with van der Waals surface area (Å²) in [5.74, 6) is 2.72. The third-order valence-electron chi connectivity index (χ3n) is 5.80. The second-order valence-electron chi connectivity index (χ2n) is 8.08. The van der Waals surface area contributed by atoms with Gasteiger partial charge < -0.3 is 14.2 Å². The summed E-state index contributed by atoms with van der Waals surface area (Å²) in [6.45, 7) is 3.36. The lowest BCUT2D eigenvalue weighted by atomic mass is 10.1. The molecule has 0 radical (unpaired) electrons. The van der Waals surface area contributed by atoms with Crippen LogP contribution in [0.5, 0.6) is 5.75 Å². The van der Waals surface area contributed by atoms with Gasteiger partial charge in [-0.05, 0) is 42.0 Å². The van der Waals surface area contributed by atoms with Gasteiger partial charge in [0.15, 0.2) is 5.16 Å². The Hall–Kier alpha value is -3.70. The van der Waals surface area contributed by atoms with E-state index in [4.69, 9.17) is 9.26 Å². The van der Waals surface area contributed by atoms with Crippen LogP contribution in [-0.4, -0.2) is 74.3 Å². The summed E-state index contributed by atoms with van der Waals surface area (Å²) in [5, 5.41) is 11.6. The molecule has 3 heterocycles. The van der Waals surface area contributed by atoms with Gasteiger partial charge in [-0.3, -0.25) is 14.8 Å². The number of ether oxygens (including phenoxy) is 1. The number of hydrogen-bond acceptors (Lipinski definition) is 9. The zero-order valence-electron chi connectivity index (χ0n) is 19.3. The van der Waals surface area contributed by atoms with Gasteiger partial charge in [-0.25, -0.2) is 4.98 Å². The van der Waals surface area contributed by atoms with Crippen LogP contribution in [0.4, 0.5) is 0 Å². The molecule has 5 rings (SSSR count). The molecular formula is C24H25N7O3S. The number of H-pyrrole nitrogens is 1. The Kier molecular flexibility index (Phi) is 7.05. The van der Waals surface area contributed by atoms with Gasteiger partial charge in [-0.15, -0.1) is 0 Å². The predicted molar refractivity (Wildman–Crippen MR) is 130 cm³/mol. The van der Waals surface area contributed by atoms with E-state index in [9.17, 15) is 4.79 Å². The van der Waals surface area contributed by atoms with E-state index in [-0.39, 0.29) is 5.91 Å². The molecular weight excluding hydrogens is 466 g/mol. The minimum absolute atomic E-state index is 0.0543. The summed E-state index contributed by atoms with van der Waals surface area (Å²) < 4.78 is 10.6. The van der Waals surface area contributed by atoms with Crippen molar-refractivity contribution in [1.29, 1.82) is 0 Å². The molecule has 0 bridgehead atoms. The summed E-state index contributed by atoms with van der Waals surface area (Å²) >= 11 is 1.57. The molecule has 0 atom stereocenters. The number of aromatic nitrogens is 5. The quantitative estimate of drug-likeness (QED) is 0.371. The minimum atomic E-state index is 0.0543. The molecule has 180 valence electrons. The van der Waals surface area contributed by atoms with E-state index >= 15 is 0 Å². The summed E-state index contributed by atoms with van der Waals surface area (Å²) in [5.41, 5.74) is 2.70. The first-order valence-electron chi connectivity index (χ1n) is 11.2. The molecule has 0 spiro atoms. The van der Waals surface area contributed by atoms with Crippen molar-refractivity contribution in [1.82, 2.24) is 35.1 Å². The number of carbonyl (C=O) groups excluding carboxylic acids is 1. The number of nitrogens with one attached hydrogen (secondary N) is 1. The number of carbonyl (C=O) groups is 1. The number of amides is 1. The van der Waals surface area contributed by atoms with Gasteiger partial charge in [-0.2, -0.15) is 10.1 Å². The van der Waals surface area contributed by atoms with Crippen LogP contribution in [-0.2, 0) is 12.3 Å². The minimum Gasteiger partial charge on any atom is -0.497 e. The molecule has 4 aromatic rings. The number of aromatic amines is 1. The van der Waals surface area contributed by atoms with Crippen molar-refractivity contribution in [2.45, 2.75) is 17.5 Å². The molecule has 11 heteroatoms. The Morgan fingerprint density at radius 3 is 2.54 bits per heavy atom. The molecule has 0 saturated carbocycles. The van der Waals surface area contributed by atoms with Gasteiger partial charge in [0.05, 0.1) is 13.7 Å². The fourth-order valence-corrected chi connectivity index (χ4v) is 4.55. The van der Waals surface area contributed by atoms with Crippen molar-refractivity contribution >= 4 is 17.7 Å². The number of rotatable bonds is 8. The van der Waals surface area contributed by atoms with Gasteiger partial charge in [0.1, 0.15) is 12.1 Å². The fraction of sp³-hybridized carbons (Fsp3) is 0.292. The largest absolute Gasteiger partial charge is 0.497 e. The third-order valence-corrected chi connectivity index (χ3v) is 6.75. The molecule has 0 unspecified atom stereocenters. The summed E-state index contributed by atoms with van der Waals surface area (Å²) in [6, 6.07) is 15.3. The lowest BCUT2D eigenvalue weighted by Crippen LogP contribution is -2.48. The van der Waals surface area contributed by atoms with Crippen LogP contribution >= 0.6 is 11.8 Å². The highest BCUT2D eigenvalue weighted by Gasteiger charge is 2.23. The molecule has 1 aliphatic rings. The molecule has 35 heavy (non-hydrogen) atoms. The van der Waals surface area contributed by atoms with Crippen LogP contribution < -0.4 is 4.74 Å². The molecule has 2 aromatic heterocycles. The fourth-order valence-electron chi connectivity index (χ4n) is 3.82. The first kappa shape index (κ1) is 23.1. The van der Waals surface area contributed by atoms with Gasteiger partial charge in [-0.1, -0.05) is 29.1 Å². The molecule has 1 fully saturated rings.